The Morgan fingerprint density at radius 1 is 1.11 bits per heavy atom. The monoisotopic (exact) mass is 520 g/mol. The van der Waals surface area contributed by atoms with Gasteiger partial charge in [0.2, 0.25) is 0 Å². The maximum Gasteiger partial charge on any atom is 0.420 e. The predicted octanol–water partition coefficient (Wildman–Crippen LogP) is 6.11. The van der Waals surface area contributed by atoms with Crippen molar-refractivity contribution in [3.63, 3.8) is 0 Å². The molecule has 2 aromatic heterocycles. The van der Waals surface area contributed by atoms with Crippen LogP contribution in [-0.2, 0) is 15.8 Å². The van der Waals surface area contributed by atoms with Crippen molar-refractivity contribution in [2.75, 3.05) is 11.5 Å². The summed E-state index contributed by atoms with van der Waals surface area (Å²) in [6.45, 7) is 2.25. The van der Waals surface area contributed by atoms with Gasteiger partial charge in [-0.1, -0.05) is 39.0 Å². The molecule has 0 bridgehead atoms. The van der Waals surface area contributed by atoms with Gasteiger partial charge in [-0.25, -0.2) is 9.88 Å². The second-order valence-electron chi connectivity index (χ2n) is 8.06. The van der Waals surface area contributed by atoms with Crippen LogP contribution in [0.2, 0.25) is 0 Å². The van der Waals surface area contributed by atoms with E-state index < -0.39 is 23.6 Å². The molecule has 2 heterocycles. The number of pyridine rings is 1. The third-order valence-corrected chi connectivity index (χ3v) is 6.16. The second kappa shape index (κ2) is 12.5. The lowest BCUT2D eigenvalue weighted by molar-refractivity contribution is -0.139. The van der Waals surface area contributed by atoms with Crippen LogP contribution in [-0.4, -0.2) is 28.4 Å². The van der Waals surface area contributed by atoms with Gasteiger partial charge in [-0.3, -0.25) is 14.6 Å². The number of alkyl halides is 3. The van der Waals surface area contributed by atoms with E-state index in [2.05, 4.69) is 16.9 Å². The number of benzene rings is 1. The van der Waals surface area contributed by atoms with E-state index in [0.29, 0.717) is 17.7 Å². The molecule has 0 spiro atoms. The van der Waals surface area contributed by atoms with Crippen LogP contribution in [0.15, 0.2) is 48.1 Å². The zero-order valence-corrected chi connectivity index (χ0v) is 20.6. The highest BCUT2D eigenvalue weighted by Crippen LogP contribution is 2.41. The van der Waals surface area contributed by atoms with E-state index in [0.717, 1.165) is 60.5 Å². The van der Waals surface area contributed by atoms with E-state index >= 15 is 0 Å². The molecule has 0 saturated carbocycles. The molecule has 0 saturated heterocycles. The molecule has 0 atom stereocenters. The number of nitrogens with zero attached hydrogens (tertiary/aromatic N) is 3. The second-order valence-corrected chi connectivity index (χ2v) is 8.89. The summed E-state index contributed by atoms with van der Waals surface area (Å²) in [7, 11) is 0. The zero-order chi connectivity index (χ0) is 26.1. The summed E-state index contributed by atoms with van der Waals surface area (Å²) in [4.78, 5) is 33.5. The number of halogens is 3. The number of amides is 2. The minimum atomic E-state index is -4.75. The van der Waals surface area contributed by atoms with E-state index in [1.807, 2.05) is 0 Å². The first-order valence-corrected chi connectivity index (χ1v) is 12.4. The van der Waals surface area contributed by atoms with Gasteiger partial charge in [-0.15, -0.1) is 11.3 Å². The molecule has 36 heavy (non-hydrogen) atoms. The molecule has 0 aliphatic rings. The Balaban J connectivity index is 1.88. The molecule has 0 fully saturated rings. The maximum atomic E-state index is 13.9. The largest absolute Gasteiger partial charge is 0.493 e. The number of nitrogens with two attached hydrogens (primary N) is 1. The summed E-state index contributed by atoms with van der Waals surface area (Å²) < 4.78 is 47.1. The lowest BCUT2D eigenvalue weighted by Gasteiger charge is -2.21. The third-order valence-electron chi connectivity index (χ3n) is 5.34. The van der Waals surface area contributed by atoms with Crippen LogP contribution in [0.5, 0.6) is 5.75 Å². The summed E-state index contributed by atoms with van der Waals surface area (Å²) in [6.07, 6.45) is 4.20. The Morgan fingerprint density at radius 3 is 2.53 bits per heavy atom. The summed E-state index contributed by atoms with van der Waals surface area (Å²) in [5.41, 5.74) is 5.02. The first-order valence-electron chi connectivity index (χ1n) is 11.6. The molecule has 192 valence electrons. The van der Waals surface area contributed by atoms with Gasteiger partial charge in [-0.2, -0.15) is 13.2 Å². The minimum Gasteiger partial charge on any atom is -0.493 e. The van der Waals surface area contributed by atoms with Crippen molar-refractivity contribution in [1.82, 2.24) is 9.97 Å². The number of aromatic nitrogens is 2. The minimum absolute atomic E-state index is 0.00785. The molecule has 0 radical (unpaired) electrons. The molecule has 3 rings (SSSR count). The number of rotatable bonds is 11. The van der Waals surface area contributed by atoms with Crippen LogP contribution < -0.4 is 15.4 Å². The lowest BCUT2D eigenvalue weighted by Crippen LogP contribution is -2.37. The number of carbonyl (C=O) groups is 2. The fraction of sp³-hybridized carbons (Fsp3) is 0.360. The molecule has 2 amide bonds. The van der Waals surface area contributed by atoms with E-state index in [1.54, 1.807) is 29.9 Å². The van der Waals surface area contributed by atoms with Crippen molar-refractivity contribution in [3.05, 3.63) is 53.7 Å². The number of ether oxygens (including phenoxy) is 1. The molecule has 0 aliphatic carbocycles. The number of hydrogen-bond acceptors (Lipinski definition) is 6. The van der Waals surface area contributed by atoms with E-state index in [1.165, 1.54) is 6.07 Å². The summed E-state index contributed by atoms with van der Waals surface area (Å²) in [6, 6.07) is 6.62. The first-order chi connectivity index (χ1) is 17.2. The highest BCUT2D eigenvalue weighted by Gasteiger charge is 2.36. The van der Waals surface area contributed by atoms with Crippen LogP contribution in [0.4, 0.5) is 24.0 Å². The van der Waals surface area contributed by atoms with Gasteiger partial charge in [0, 0.05) is 23.3 Å². The van der Waals surface area contributed by atoms with Crippen molar-refractivity contribution in [1.29, 1.82) is 0 Å². The van der Waals surface area contributed by atoms with Gasteiger partial charge in [-0.05, 0) is 36.8 Å². The molecule has 0 unspecified atom stereocenters. The number of hydrogen-bond donors (Lipinski definition) is 1. The van der Waals surface area contributed by atoms with Crippen molar-refractivity contribution in [2.24, 2.45) is 5.73 Å². The van der Waals surface area contributed by atoms with E-state index in [9.17, 15) is 22.8 Å². The third kappa shape index (κ3) is 7.03. The van der Waals surface area contributed by atoms with Crippen LogP contribution in [0.25, 0.3) is 11.3 Å². The Kier molecular flexibility index (Phi) is 9.40. The Hall–Kier alpha value is -3.47. The maximum absolute atomic E-state index is 13.9. The zero-order valence-electron chi connectivity index (χ0n) is 19.8. The number of carbonyl (C=O) groups excluding carboxylic acids is 2. The van der Waals surface area contributed by atoms with Gasteiger partial charge in [0.25, 0.3) is 0 Å². The lowest BCUT2D eigenvalue weighted by atomic mass is 10.1. The molecular weight excluding hydrogens is 493 g/mol. The van der Waals surface area contributed by atoms with Gasteiger partial charge in [0.15, 0.2) is 5.13 Å². The predicted molar refractivity (Wildman–Crippen MR) is 132 cm³/mol. The Morgan fingerprint density at radius 2 is 1.86 bits per heavy atom. The van der Waals surface area contributed by atoms with Gasteiger partial charge >= 0.3 is 18.0 Å². The quantitative estimate of drug-likeness (QED) is 0.243. The number of anilines is 2. The standard InChI is InChI=1S/C25H27F3N4O3S/c1-2-3-4-5-6-7-13-35-21-11-10-18(14-19(21)25(26,27)28)32(23(34)22(29)33)24-31-20(16-36-24)17-9-8-12-30-15-17/h8-12,14-16H,2-7,13H2,1H3,(H2,29,33). The number of primary amides is 1. The first kappa shape index (κ1) is 27.1. The van der Waals surface area contributed by atoms with Gasteiger partial charge in [0.05, 0.1) is 23.6 Å². The van der Waals surface area contributed by atoms with Crippen LogP contribution in [0.3, 0.4) is 0 Å². The summed E-state index contributed by atoms with van der Waals surface area (Å²) >= 11 is 0.981. The molecule has 2 N–H and O–H groups in total. The van der Waals surface area contributed by atoms with Crippen LogP contribution >= 0.6 is 11.3 Å². The van der Waals surface area contributed by atoms with Gasteiger partial charge in [0.1, 0.15) is 5.75 Å². The van der Waals surface area contributed by atoms with Gasteiger partial charge < -0.3 is 10.5 Å². The SMILES string of the molecule is CCCCCCCCOc1ccc(N(C(=O)C(N)=O)c2nc(-c3cccnc3)cs2)cc1C(F)(F)F. The molecule has 0 aliphatic heterocycles. The topological polar surface area (TPSA) is 98.4 Å². The van der Waals surface area contributed by atoms with Crippen LogP contribution in [0, 0.1) is 0 Å². The van der Waals surface area contributed by atoms with Crippen molar-refractivity contribution >= 4 is 34.0 Å². The van der Waals surface area contributed by atoms with Crippen LogP contribution in [0.1, 0.15) is 51.0 Å². The van der Waals surface area contributed by atoms with E-state index in [4.69, 9.17) is 10.5 Å². The van der Waals surface area contributed by atoms with Crippen molar-refractivity contribution in [3.8, 4) is 17.0 Å². The fourth-order valence-corrected chi connectivity index (χ4v) is 4.36. The Labute approximate surface area is 211 Å². The molecule has 11 heteroatoms. The fourth-order valence-electron chi connectivity index (χ4n) is 3.51. The highest BCUT2D eigenvalue weighted by molar-refractivity contribution is 7.14. The van der Waals surface area contributed by atoms with E-state index in [-0.39, 0.29) is 23.2 Å². The Bertz CT molecular complexity index is 1170. The molecular formula is C25H27F3N4O3S. The highest BCUT2D eigenvalue weighted by atomic mass is 32.1. The smallest absolute Gasteiger partial charge is 0.420 e. The molecule has 7 nitrogen and oxygen atoms in total. The molecule has 1 aromatic carbocycles. The van der Waals surface area contributed by atoms with Crippen molar-refractivity contribution < 1.29 is 27.5 Å². The number of unbranched alkanes of at least 4 members (excludes halogenated alkanes) is 5. The average Bonchev–Trinajstić information content (AvgIpc) is 3.33. The number of thiazole rings is 1. The summed E-state index contributed by atoms with van der Waals surface area (Å²) in [5.74, 6) is -2.89. The van der Waals surface area contributed by atoms with Crippen molar-refractivity contribution in [2.45, 2.75) is 51.6 Å². The normalized spacial score (nSPS) is 11.3. The summed E-state index contributed by atoms with van der Waals surface area (Å²) in [5, 5.41) is 1.60. The molecule has 3 aromatic rings. The average molecular weight is 521 g/mol.